The molecule has 0 unspecified atom stereocenters. The zero-order chi connectivity index (χ0) is 13.8. The number of aliphatic carboxylic acids is 1. The summed E-state index contributed by atoms with van der Waals surface area (Å²) >= 11 is 0. The predicted octanol–water partition coefficient (Wildman–Crippen LogP) is -1.95. The maximum atomic E-state index is 11.5. The van der Waals surface area contributed by atoms with Crippen LogP contribution in [0.15, 0.2) is 12.5 Å². The molecular formula is C11H18N3NaO4. The van der Waals surface area contributed by atoms with E-state index in [9.17, 15) is 9.59 Å². The fraction of sp³-hybridized carbons (Fsp3) is 0.545. The number of carboxylic acids is 1. The van der Waals surface area contributed by atoms with Crippen molar-refractivity contribution >= 4 is 12.1 Å². The molecule has 0 spiro atoms. The van der Waals surface area contributed by atoms with E-state index in [4.69, 9.17) is 9.84 Å². The number of aromatic amines is 1. The van der Waals surface area contributed by atoms with Crippen LogP contribution in [0.2, 0.25) is 0 Å². The number of rotatable bonds is 4. The van der Waals surface area contributed by atoms with Crippen molar-refractivity contribution in [3.05, 3.63) is 18.2 Å². The topological polar surface area (TPSA) is 104 Å². The Labute approximate surface area is 134 Å². The number of carboxylic acid groups (broad SMARTS) is 1. The van der Waals surface area contributed by atoms with Gasteiger partial charge in [0.1, 0.15) is 11.6 Å². The maximum absolute atomic E-state index is 11.5. The number of carbonyl (C=O) groups excluding carboxylic acids is 1. The molecule has 102 valence electrons. The second-order valence-electron chi connectivity index (χ2n) is 4.82. The summed E-state index contributed by atoms with van der Waals surface area (Å²) in [4.78, 5) is 29.1. The molecule has 0 aromatic carbocycles. The smallest absolute Gasteiger partial charge is 1.00 e. The number of aromatic nitrogens is 2. The summed E-state index contributed by atoms with van der Waals surface area (Å²) in [5, 5.41) is 11.3. The number of ether oxygens (including phenoxy) is 1. The van der Waals surface area contributed by atoms with Crippen molar-refractivity contribution in [2.75, 3.05) is 0 Å². The van der Waals surface area contributed by atoms with E-state index in [1.807, 2.05) is 0 Å². The summed E-state index contributed by atoms with van der Waals surface area (Å²) < 4.78 is 5.00. The van der Waals surface area contributed by atoms with Crippen molar-refractivity contribution in [1.82, 2.24) is 15.3 Å². The molecule has 0 aliphatic rings. The van der Waals surface area contributed by atoms with Gasteiger partial charge in [-0.2, -0.15) is 0 Å². The molecule has 19 heavy (non-hydrogen) atoms. The summed E-state index contributed by atoms with van der Waals surface area (Å²) in [5.41, 5.74) is -0.0420. The van der Waals surface area contributed by atoms with Crippen molar-refractivity contribution in [2.45, 2.75) is 38.8 Å². The van der Waals surface area contributed by atoms with Crippen molar-refractivity contribution in [3.63, 3.8) is 0 Å². The summed E-state index contributed by atoms with van der Waals surface area (Å²) in [7, 11) is 0. The number of nitrogens with zero attached hydrogens (tertiary/aromatic N) is 1. The number of nitrogens with one attached hydrogen (secondary N) is 2. The van der Waals surface area contributed by atoms with E-state index >= 15 is 0 Å². The third kappa shape index (κ3) is 7.19. The Morgan fingerprint density at radius 1 is 1.58 bits per heavy atom. The molecule has 8 heteroatoms. The summed E-state index contributed by atoms with van der Waals surface area (Å²) in [6, 6.07) is -1.06. The van der Waals surface area contributed by atoms with Gasteiger partial charge in [0, 0.05) is 18.3 Å². The SMILES string of the molecule is CC(C)(C)OC(=O)N[C@@H](Cc1cnc[nH]1)C(=O)O.[H-].[Na+]. The van der Waals surface area contributed by atoms with Crippen LogP contribution in [0, 0.1) is 0 Å². The molecule has 0 aliphatic carbocycles. The van der Waals surface area contributed by atoms with Gasteiger partial charge in [-0.05, 0) is 20.8 Å². The molecule has 1 aromatic heterocycles. The molecule has 0 saturated carbocycles. The first-order valence-electron chi connectivity index (χ1n) is 5.47. The Hall–Kier alpha value is -1.05. The molecule has 7 nitrogen and oxygen atoms in total. The molecule has 1 aromatic rings. The predicted molar refractivity (Wildman–Crippen MR) is 64.2 cm³/mol. The Balaban J connectivity index is 0. The van der Waals surface area contributed by atoms with Gasteiger partial charge in [0.05, 0.1) is 6.33 Å². The molecule has 3 N–H and O–H groups in total. The molecule has 1 atom stereocenters. The Bertz CT molecular complexity index is 420. The second-order valence-corrected chi connectivity index (χ2v) is 4.82. The number of amides is 1. The first-order chi connectivity index (χ1) is 8.28. The second kappa shape index (κ2) is 7.52. The molecule has 1 amide bonds. The Morgan fingerprint density at radius 2 is 2.21 bits per heavy atom. The first-order valence-corrected chi connectivity index (χ1v) is 5.47. The molecule has 0 bridgehead atoms. The normalized spacial score (nSPS) is 12.2. The van der Waals surface area contributed by atoms with Gasteiger partial charge < -0.3 is 21.6 Å². The van der Waals surface area contributed by atoms with Crippen LogP contribution < -0.4 is 34.9 Å². The molecule has 0 saturated heterocycles. The van der Waals surface area contributed by atoms with Gasteiger partial charge in [0.25, 0.3) is 0 Å². The minimum absolute atomic E-state index is 0. The third-order valence-corrected chi connectivity index (χ3v) is 1.97. The van der Waals surface area contributed by atoms with Gasteiger partial charge in [-0.1, -0.05) is 0 Å². The van der Waals surface area contributed by atoms with Crippen LogP contribution >= 0.6 is 0 Å². The quantitative estimate of drug-likeness (QED) is 0.556. The number of carbonyl (C=O) groups is 2. The van der Waals surface area contributed by atoms with Gasteiger partial charge >= 0.3 is 41.6 Å². The Kier molecular flexibility index (Phi) is 7.10. The van der Waals surface area contributed by atoms with Gasteiger partial charge in [0.15, 0.2) is 0 Å². The molecule has 1 heterocycles. The third-order valence-electron chi connectivity index (χ3n) is 1.97. The van der Waals surface area contributed by atoms with Gasteiger partial charge in [-0.15, -0.1) is 0 Å². The van der Waals surface area contributed by atoms with Crippen molar-refractivity contribution in [2.24, 2.45) is 0 Å². The average Bonchev–Trinajstić information content (AvgIpc) is 2.66. The molecule has 0 fully saturated rings. The number of hydrogen-bond acceptors (Lipinski definition) is 4. The minimum Gasteiger partial charge on any atom is -1.00 e. The molecule has 0 aliphatic heterocycles. The zero-order valence-corrected chi connectivity index (χ0v) is 13.6. The van der Waals surface area contributed by atoms with Crippen LogP contribution in [0.4, 0.5) is 4.79 Å². The van der Waals surface area contributed by atoms with Gasteiger partial charge in [-0.25, -0.2) is 14.6 Å². The summed E-state index contributed by atoms with van der Waals surface area (Å²) in [6.07, 6.45) is 2.32. The van der Waals surface area contributed by atoms with Crippen LogP contribution in [0.3, 0.4) is 0 Å². The fourth-order valence-corrected chi connectivity index (χ4v) is 1.27. The van der Waals surface area contributed by atoms with Crippen molar-refractivity contribution < 1.29 is 50.4 Å². The van der Waals surface area contributed by atoms with E-state index in [0.717, 1.165) is 0 Å². The van der Waals surface area contributed by atoms with Crippen molar-refractivity contribution in [1.29, 1.82) is 0 Å². The minimum atomic E-state index is -1.13. The van der Waals surface area contributed by atoms with Crippen LogP contribution in [0.5, 0.6) is 0 Å². The first kappa shape index (κ1) is 17.9. The van der Waals surface area contributed by atoms with Crippen LogP contribution in [-0.4, -0.2) is 38.8 Å². The molecule has 1 rings (SSSR count). The number of H-pyrrole nitrogens is 1. The van der Waals surface area contributed by atoms with Crippen LogP contribution in [0.1, 0.15) is 27.9 Å². The zero-order valence-electron chi connectivity index (χ0n) is 12.6. The van der Waals surface area contributed by atoms with E-state index in [2.05, 4.69) is 15.3 Å². The van der Waals surface area contributed by atoms with Gasteiger partial charge in [0.2, 0.25) is 0 Å². The van der Waals surface area contributed by atoms with E-state index in [1.165, 1.54) is 12.5 Å². The summed E-state index contributed by atoms with van der Waals surface area (Å²) in [5.74, 6) is -1.13. The van der Waals surface area contributed by atoms with E-state index in [1.54, 1.807) is 20.8 Å². The average molecular weight is 279 g/mol. The van der Waals surface area contributed by atoms with E-state index in [0.29, 0.717) is 5.69 Å². The molecule has 0 radical (unpaired) electrons. The monoisotopic (exact) mass is 279 g/mol. The number of alkyl carbamates (subject to hydrolysis) is 1. The van der Waals surface area contributed by atoms with E-state index in [-0.39, 0.29) is 37.4 Å². The Morgan fingerprint density at radius 3 is 2.63 bits per heavy atom. The number of hydrogen-bond donors (Lipinski definition) is 3. The molecular weight excluding hydrogens is 261 g/mol. The summed E-state index contributed by atoms with van der Waals surface area (Å²) in [6.45, 7) is 5.12. The van der Waals surface area contributed by atoms with Gasteiger partial charge in [-0.3, -0.25) is 0 Å². The van der Waals surface area contributed by atoms with Crippen molar-refractivity contribution in [3.8, 4) is 0 Å². The van der Waals surface area contributed by atoms with E-state index < -0.39 is 23.7 Å². The fourth-order valence-electron chi connectivity index (χ4n) is 1.27. The standard InChI is InChI=1S/C11H17N3O4.Na.H/c1-11(2,3)18-10(17)14-8(9(15)16)4-7-5-12-6-13-7;;/h5-6,8H,4H2,1-3H3,(H,12,13)(H,14,17)(H,15,16);;/q;+1;-1/t8-;;/m0../s1. The van der Waals surface area contributed by atoms with Crippen LogP contribution in [-0.2, 0) is 16.0 Å². The number of imidazole rings is 1. The largest absolute Gasteiger partial charge is 1.00 e. The maximum Gasteiger partial charge on any atom is 1.00 e. The van der Waals surface area contributed by atoms with Crippen LogP contribution in [0.25, 0.3) is 0 Å².